The number of rotatable bonds is 2. The molecule has 0 radical (unpaired) electrons. The third-order valence-corrected chi connectivity index (χ3v) is 4.86. The van der Waals surface area contributed by atoms with Gasteiger partial charge in [0, 0.05) is 37.1 Å². The topological polar surface area (TPSA) is 38.2 Å². The summed E-state index contributed by atoms with van der Waals surface area (Å²) in [5.74, 6) is 0. The van der Waals surface area contributed by atoms with Crippen LogP contribution in [-0.4, -0.2) is 47.2 Å². The van der Waals surface area contributed by atoms with Crippen LogP contribution in [0.3, 0.4) is 0 Å². The first kappa shape index (κ1) is 13.9. The van der Waals surface area contributed by atoms with Crippen molar-refractivity contribution in [3.8, 4) is 11.1 Å². The zero-order valence-corrected chi connectivity index (χ0v) is 12.7. The Labute approximate surface area is 131 Å². The van der Waals surface area contributed by atoms with E-state index < -0.39 is 0 Å². The van der Waals surface area contributed by atoms with Gasteiger partial charge in [-0.1, -0.05) is 18.2 Å². The van der Waals surface area contributed by atoms with Gasteiger partial charge in [0.15, 0.2) is 0 Å². The first-order valence-corrected chi connectivity index (χ1v) is 8.09. The smallest absolute Gasteiger partial charge is 0.115 e. The van der Waals surface area contributed by atoms with E-state index in [1.54, 1.807) is 6.33 Å². The highest BCUT2D eigenvalue weighted by Crippen LogP contribution is 2.29. The van der Waals surface area contributed by atoms with E-state index in [1.807, 2.05) is 12.4 Å². The molecule has 0 amide bonds. The number of hydrogen-bond acceptors (Lipinski definition) is 4. The lowest BCUT2D eigenvalue weighted by Gasteiger charge is -2.37. The van der Waals surface area contributed by atoms with Gasteiger partial charge >= 0.3 is 0 Å². The minimum Gasteiger partial charge on any atom is -0.379 e. The Kier molecular flexibility index (Phi) is 3.87. The highest BCUT2D eigenvalue weighted by Gasteiger charge is 2.25. The van der Waals surface area contributed by atoms with Crippen molar-refractivity contribution in [2.75, 3.05) is 26.3 Å². The average molecular weight is 295 g/mol. The molecule has 2 aromatic rings. The summed E-state index contributed by atoms with van der Waals surface area (Å²) in [7, 11) is 0. The molecule has 0 spiro atoms. The summed E-state index contributed by atoms with van der Waals surface area (Å²) >= 11 is 0. The van der Waals surface area contributed by atoms with E-state index in [9.17, 15) is 0 Å². The number of aryl methyl sites for hydroxylation is 1. The first-order valence-electron chi connectivity index (χ1n) is 8.09. The van der Waals surface area contributed by atoms with Gasteiger partial charge in [-0.25, -0.2) is 9.97 Å². The van der Waals surface area contributed by atoms with E-state index in [2.05, 4.69) is 33.1 Å². The second-order valence-electron chi connectivity index (χ2n) is 6.16. The quantitative estimate of drug-likeness (QED) is 0.852. The number of benzene rings is 1. The highest BCUT2D eigenvalue weighted by atomic mass is 16.5. The summed E-state index contributed by atoms with van der Waals surface area (Å²) in [6.45, 7) is 3.94. The molecule has 1 saturated heterocycles. The number of morpholine rings is 1. The Morgan fingerprint density at radius 1 is 1.00 bits per heavy atom. The van der Waals surface area contributed by atoms with Crippen LogP contribution in [0.5, 0.6) is 0 Å². The lowest BCUT2D eigenvalue weighted by Crippen LogP contribution is -2.45. The van der Waals surface area contributed by atoms with Gasteiger partial charge < -0.3 is 4.74 Å². The van der Waals surface area contributed by atoms with Crippen molar-refractivity contribution in [2.45, 2.75) is 25.3 Å². The molecule has 22 heavy (non-hydrogen) atoms. The monoisotopic (exact) mass is 295 g/mol. The van der Waals surface area contributed by atoms with Crippen molar-refractivity contribution in [3.05, 3.63) is 48.0 Å². The van der Waals surface area contributed by atoms with Gasteiger partial charge in [-0.3, -0.25) is 4.90 Å². The minimum absolute atomic E-state index is 0.683. The molecule has 0 bridgehead atoms. The molecule has 1 fully saturated rings. The standard InChI is InChI=1S/C18H21N3O/c1-2-16-10-18(21-5-7-22-8-6-21)4-3-14(16)9-15(1)17-11-19-13-20-12-17/h1-2,9,11-13,18H,3-8,10H2. The SMILES string of the molecule is c1ncc(-c2ccc3c(c2)CCC(N2CCOCC2)C3)cn1. The van der Waals surface area contributed by atoms with Crippen LogP contribution in [-0.2, 0) is 17.6 Å². The van der Waals surface area contributed by atoms with Crippen molar-refractivity contribution in [3.63, 3.8) is 0 Å². The minimum atomic E-state index is 0.683. The third-order valence-electron chi connectivity index (χ3n) is 4.86. The Morgan fingerprint density at radius 2 is 1.82 bits per heavy atom. The normalized spacial score (nSPS) is 22.3. The summed E-state index contributed by atoms with van der Waals surface area (Å²) in [6, 6.07) is 7.51. The lowest BCUT2D eigenvalue weighted by molar-refractivity contribution is 0.0137. The van der Waals surface area contributed by atoms with Gasteiger partial charge in [0.2, 0.25) is 0 Å². The zero-order valence-electron chi connectivity index (χ0n) is 12.7. The predicted octanol–water partition coefficient (Wildman–Crippen LogP) is 2.33. The molecule has 1 atom stereocenters. The molecule has 4 nitrogen and oxygen atoms in total. The van der Waals surface area contributed by atoms with Crippen molar-refractivity contribution >= 4 is 0 Å². The number of nitrogens with zero attached hydrogens (tertiary/aromatic N) is 3. The van der Waals surface area contributed by atoms with Gasteiger partial charge in [0.25, 0.3) is 0 Å². The molecule has 2 aliphatic rings. The maximum absolute atomic E-state index is 5.47. The number of ether oxygens (including phenoxy) is 1. The Bertz CT molecular complexity index is 638. The fourth-order valence-electron chi connectivity index (χ4n) is 3.62. The molecule has 1 aromatic carbocycles. The molecular formula is C18H21N3O. The Balaban J connectivity index is 1.54. The fourth-order valence-corrected chi connectivity index (χ4v) is 3.62. The number of hydrogen-bond donors (Lipinski definition) is 0. The molecule has 4 rings (SSSR count). The maximum Gasteiger partial charge on any atom is 0.115 e. The number of fused-ring (bicyclic) bond motifs is 1. The van der Waals surface area contributed by atoms with Crippen LogP contribution in [0.4, 0.5) is 0 Å². The molecule has 0 saturated carbocycles. The molecular weight excluding hydrogens is 274 g/mol. The molecule has 2 heterocycles. The van der Waals surface area contributed by atoms with E-state index in [4.69, 9.17) is 4.74 Å². The first-order chi connectivity index (χ1) is 10.9. The van der Waals surface area contributed by atoms with Crippen LogP contribution >= 0.6 is 0 Å². The molecule has 1 unspecified atom stereocenters. The van der Waals surface area contributed by atoms with Gasteiger partial charge in [-0.05, 0) is 36.0 Å². The molecule has 4 heteroatoms. The molecule has 1 aromatic heterocycles. The van der Waals surface area contributed by atoms with Gasteiger partial charge in [0.1, 0.15) is 6.33 Å². The van der Waals surface area contributed by atoms with Gasteiger partial charge in [-0.2, -0.15) is 0 Å². The van der Waals surface area contributed by atoms with Crippen molar-refractivity contribution < 1.29 is 4.74 Å². The fraction of sp³-hybridized carbons (Fsp3) is 0.444. The van der Waals surface area contributed by atoms with E-state index in [1.165, 1.54) is 36.0 Å². The lowest BCUT2D eigenvalue weighted by atomic mass is 9.85. The molecule has 0 N–H and O–H groups in total. The number of aromatic nitrogens is 2. The van der Waals surface area contributed by atoms with Crippen LogP contribution in [0.1, 0.15) is 17.5 Å². The van der Waals surface area contributed by atoms with Crippen LogP contribution < -0.4 is 0 Å². The molecule has 1 aliphatic heterocycles. The molecule has 114 valence electrons. The van der Waals surface area contributed by atoms with E-state index >= 15 is 0 Å². The van der Waals surface area contributed by atoms with Crippen LogP contribution in [0.25, 0.3) is 11.1 Å². The summed E-state index contributed by atoms with van der Waals surface area (Å²) in [5.41, 5.74) is 5.32. The summed E-state index contributed by atoms with van der Waals surface area (Å²) < 4.78 is 5.47. The van der Waals surface area contributed by atoms with E-state index in [0.29, 0.717) is 6.04 Å². The Hall–Kier alpha value is -1.78. The second kappa shape index (κ2) is 6.15. The maximum atomic E-state index is 5.47. The zero-order chi connectivity index (χ0) is 14.8. The van der Waals surface area contributed by atoms with Crippen LogP contribution in [0.15, 0.2) is 36.9 Å². The average Bonchev–Trinajstić information content (AvgIpc) is 2.62. The van der Waals surface area contributed by atoms with Crippen LogP contribution in [0, 0.1) is 0 Å². The third kappa shape index (κ3) is 2.76. The second-order valence-corrected chi connectivity index (χ2v) is 6.16. The summed E-state index contributed by atoms with van der Waals surface area (Å²) in [6.07, 6.45) is 8.93. The van der Waals surface area contributed by atoms with Crippen molar-refractivity contribution in [2.24, 2.45) is 0 Å². The van der Waals surface area contributed by atoms with Crippen LogP contribution in [0.2, 0.25) is 0 Å². The van der Waals surface area contributed by atoms with Gasteiger partial charge in [0.05, 0.1) is 13.2 Å². The predicted molar refractivity (Wildman–Crippen MR) is 85.7 cm³/mol. The van der Waals surface area contributed by atoms with E-state index in [0.717, 1.165) is 31.9 Å². The van der Waals surface area contributed by atoms with Crippen molar-refractivity contribution in [1.29, 1.82) is 0 Å². The highest BCUT2D eigenvalue weighted by molar-refractivity contribution is 5.63. The van der Waals surface area contributed by atoms with Crippen molar-refractivity contribution in [1.82, 2.24) is 14.9 Å². The molecule has 1 aliphatic carbocycles. The van der Waals surface area contributed by atoms with E-state index in [-0.39, 0.29) is 0 Å². The van der Waals surface area contributed by atoms with Gasteiger partial charge in [-0.15, -0.1) is 0 Å². The summed E-state index contributed by atoms with van der Waals surface area (Å²) in [5, 5.41) is 0. The summed E-state index contributed by atoms with van der Waals surface area (Å²) in [4.78, 5) is 10.8. The largest absolute Gasteiger partial charge is 0.379 e. The Morgan fingerprint density at radius 3 is 2.64 bits per heavy atom.